The molecule has 182 valence electrons. The number of aromatic nitrogens is 4. The Morgan fingerprint density at radius 3 is 2.65 bits per heavy atom. The lowest BCUT2D eigenvalue weighted by atomic mass is 10.1. The van der Waals surface area contributed by atoms with Gasteiger partial charge in [-0.1, -0.05) is 17.7 Å². The van der Waals surface area contributed by atoms with Crippen molar-refractivity contribution in [2.24, 2.45) is 0 Å². The molecule has 13 heteroatoms. The molecule has 0 saturated carbocycles. The molecule has 2 aromatic heterocycles. The lowest BCUT2D eigenvalue weighted by molar-refractivity contribution is -0.272. The van der Waals surface area contributed by atoms with Gasteiger partial charge in [-0.05, 0) is 32.9 Å². The molecule has 34 heavy (non-hydrogen) atoms. The van der Waals surface area contributed by atoms with Crippen LogP contribution in [0.15, 0.2) is 41.8 Å². The van der Waals surface area contributed by atoms with Crippen molar-refractivity contribution in [2.75, 3.05) is 12.3 Å². The van der Waals surface area contributed by atoms with Crippen LogP contribution in [-0.2, 0) is 35.1 Å². The number of fused-ring (bicyclic) bond motifs is 2. The quantitative estimate of drug-likeness (QED) is 0.468. The molecule has 0 unspecified atom stereocenters. The molecule has 5 rings (SSSR count). The molecule has 0 bridgehead atoms. The molecule has 2 saturated heterocycles. The first-order valence-corrected chi connectivity index (χ1v) is 12.0. The van der Waals surface area contributed by atoms with Gasteiger partial charge in [-0.25, -0.2) is 15.0 Å². The Hall–Kier alpha value is -2.68. The van der Waals surface area contributed by atoms with Crippen molar-refractivity contribution >= 4 is 27.1 Å². The van der Waals surface area contributed by atoms with Gasteiger partial charge in [0.1, 0.15) is 36.8 Å². The summed E-state index contributed by atoms with van der Waals surface area (Å²) < 4.78 is 50.5. The van der Waals surface area contributed by atoms with Crippen LogP contribution in [0.2, 0.25) is 0 Å². The lowest BCUT2D eigenvalue weighted by Gasteiger charge is -2.28. The second-order valence-corrected chi connectivity index (χ2v) is 10.5. The highest BCUT2D eigenvalue weighted by Gasteiger charge is 2.65. The molecule has 2 aliphatic rings. The molecular formula is C21H25N5O7S. The summed E-state index contributed by atoms with van der Waals surface area (Å²) >= 11 is 0. The van der Waals surface area contributed by atoms with E-state index < -0.39 is 46.6 Å². The van der Waals surface area contributed by atoms with Gasteiger partial charge in [-0.15, -0.1) is 0 Å². The van der Waals surface area contributed by atoms with Gasteiger partial charge in [0.25, 0.3) is 10.1 Å². The molecule has 4 heterocycles. The number of imidazole rings is 1. The van der Waals surface area contributed by atoms with E-state index in [-0.39, 0.29) is 17.3 Å². The van der Waals surface area contributed by atoms with E-state index in [1.165, 1.54) is 24.8 Å². The van der Waals surface area contributed by atoms with Gasteiger partial charge < -0.3 is 29.6 Å². The van der Waals surface area contributed by atoms with Crippen molar-refractivity contribution in [1.29, 1.82) is 0 Å². The second kappa shape index (κ2) is 7.93. The minimum Gasteiger partial charge on any atom is -0.387 e. The second-order valence-electron chi connectivity index (χ2n) is 8.86. The van der Waals surface area contributed by atoms with E-state index in [0.29, 0.717) is 11.2 Å². The van der Waals surface area contributed by atoms with Crippen LogP contribution in [0.3, 0.4) is 0 Å². The topological polar surface area (TPSA) is 161 Å². The van der Waals surface area contributed by atoms with Crippen LogP contribution in [0.5, 0.6) is 0 Å². The molecule has 3 aromatic rings. The maximum atomic E-state index is 12.8. The van der Waals surface area contributed by atoms with Gasteiger partial charge in [-0.2, -0.15) is 8.42 Å². The number of hydrogen-bond acceptors (Lipinski definition) is 11. The number of hydrogen-bond donors (Lipinski definition) is 2. The van der Waals surface area contributed by atoms with Crippen LogP contribution in [-0.4, -0.2) is 69.5 Å². The summed E-state index contributed by atoms with van der Waals surface area (Å²) in [6.45, 7) is 4.77. The Morgan fingerprint density at radius 2 is 1.91 bits per heavy atom. The molecule has 1 aromatic carbocycles. The van der Waals surface area contributed by atoms with E-state index in [9.17, 15) is 13.5 Å². The zero-order valence-electron chi connectivity index (χ0n) is 18.8. The minimum absolute atomic E-state index is 0.00137. The predicted molar refractivity (Wildman–Crippen MR) is 118 cm³/mol. The fourth-order valence-corrected chi connectivity index (χ4v) is 5.21. The Morgan fingerprint density at radius 1 is 1.18 bits per heavy atom. The number of aliphatic hydroxyl groups is 1. The normalized spacial score (nSPS) is 28.4. The summed E-state index contributed by atoms with van der Waals surface area (Å²) in [6.07, 6.45) is -0.146. The van der Waals surface area contributed by atoms with E-state index in [0.717, 1.165) is 5.56 Å². The van der Waals surface area contributed by atoms with Crippen LogP contribution in [0.25, 0.3) is 11.2 Å². The van der Waals surface area contributed by atoms with Crippen molar-refractivity contribution < 1.29 is 31.9 Å². The maximum absolute atomic E-state index is 12.8. The highest BCUT2D eigenvalue weighted by Crippen LogP contribution is 2.46. The van der Waals surface area contributed by atoms with Crippen LogP contribution in [0.1, 0.15) is 19.4 Å². The van der Waals surface area contributed by atoms with Gasteiger partial charge in [0.05, 0.1) is 17.8 Å². The summed E-state index contributed by atoms with van der Waals surface area (Å²) in [5.74, 6) is -2.54. The van der Waals surface area contributed by atoms with E-state index in [1.807, 2.05) is 6.92 Å². The van der Waals surface area contributed by atoms with Gasteiger partial charge in [0, 0.05) is 0 Å². The number of rotatable bonds is 6. The zero-order chi connectivity index (χ0) is 24.3. The first-order chi connectivity index (χ1) is 16.0. The lowest BCUT2D eigenvalue weighted by Crippen LogP contribution is -2.45. The maximum Gasteiger partial charge on any atom is 0.297 e. The van der Waals surface area contributed by atoms with Crippen LogP contribution < -0.4 is 5.73 Å². The minimum atomic E-state index is -4.11. The molecular weight excluding hydrogens is 466 g/mol. The third kappa shape index (κ3) is 3.93. The van der Waals surface area contributed by atoms with E-state index in [1.54, 1.807) is 30.5 Å². The monoisotopic (exact) mass is 491 g/mol. The zero-order valence-corrected chi connectivity index (χ0v) is 19.6. The molecule has 2 aliphatic heterocycles. The summed E-state index contributed by atoms with van der Waals surface area (Å²) in [5, 5.41) is 11.0. The number of aliphatic hydroxyl groups excluding tert-OH is 1. The third-order valence-corrected chi connectivity index (χ3v) is 7.11. The first-order valence-electron chi connectivity index (χ1n) is 10.6. The first kappa shape index (κ1) is 23.1. The number of nitrogens with two attached hydrogens (primary N) is 1. The molecule has 12 nitrogen and oxygen atoms in total. The average molecular weight is 492 g/mol. The highest BCUT2D eigenvalue weighted by atomic mass is 32.2. The smallest absolute Gasteiger partial charge is 0.297 e. The average Bonchev–Trinajstić information content (AvgIpc) is 3.38. The fraction of sp³-hybridized carbons (Fsp3) is 0.476. The van der Waals surface area contributed by atoms with Crippen molar-refractivity contribution in [1.82, 2.24) is 19.5 Å². The van der Waals surface area contributed by atoms with Gasteiger partial charge >= 0.3 is 0 Å². The van der Waals surface area contributed by atoms with Gasteiger partial charge in [-0.3, -0.25) is 4.18 Å². The number of anilines is 1. The Labute approximate surface area is 195 Å². The van der Waals surface area contributed by atoms with Crippen LogP contribution >= 0.6 is 0 Å². The molecule has 3 N–H and O–H groups in total. The Kier molecular flexibility index (Phi) is 5.39. The van der Waals surface area contributed by atoms with Gasteiger partial charge in [0.2, 0.25) is 5.79 Å². The summed E-state index contributed by atoms with van der Waals surface area (Å²) in [5.41, 5.74) is 7.65. The number of nitrogens with zero attached hydrogens (tertiary/aromatic N) is 4. The van der Waals surface area contributed by atoms with Crippen LogP contribution in [0.4, 0.5) is 5.82 Å². The third-order valence-electron chi connectivity index (χ3n) is 5.84. The van der Waals surface area contributed by atoms with Crippen LogP contribution in [0, 0.1) is 6.92 Å². The fourth-order valence-electron chi connectivity index (χ4n) is 4.29. The van der Waals surface area contributed by atoms with E-state index in [2.05, 4.69) is 15.0 Å². The molecule has 0 aliphatic carbocycles. The summed E-state index contributed by atoms with van der Waals surface area (Å²) in [6, 6.07) is 6.27. The number of nitrogen functional groups attached to an aromatic ring is 1. The van der Waals surface area contributed by atoms with Crippen molar-refractivity contribution in [3.8, 4) is 0 Å². The number of benzene rings is 1. The molecule has 0 radical (unpaired) electrons. The Bertz CT molecular complexity index is 1330. The van der Waals surface area contributed by atoms with E-state index >= 15 is 0 Å². The van der Waals surface area contributed by atoms with Crippen molar-refractivity contribution in [3.05, 3.63) is 42.5 Å². The number of aryl methyl sites for hydroxylation is 1. The number of ether oxygens (including phenoxy) is 3. The van der Waals surface area contributed by atoms with Gasteiger partial charge in [0.15, 0.2) is 17.3 Å². The van der Waals surface area contributed by atoms with E-state index in [4.69, 9.17) is 24.1 Å². The largest absolute Gasteiger partial charge is 0.387 e. The van der Waals surface area contributed by atoms with Crippen molar-refractivity contribution in [2.45, 2.75) is 62.1 Å². The molecule has 0 amide bonds. The molecule has 2 fully saturated rings. The Balaban J connectivity index is 1.39. The standard InChI is InChI=1S/C21H25N5O7S/c1-12-4-6-13(7-5-12)34(28,29)30-9-21-17(32-20(2,3)33-21)16(27)14(31-21)8-26-11-25-15-18(22)23-10-24-19(15)26/h4-7,10-11,14,16-17,27H,8-9H2,1-3H3,(H2,22,23,24)/t14-,16-,17+,21+/m1/s1. The SMILES string of the molecule is Cc1ccc(S(=O)(=O)OC[C@@]23O[C@H](Cn4cnc5c(N)ncnc54)[C@@H](O)[C@@H]2OC(C)(C)O3)cc1. The highest BCUT2D eigenvalue weighted by molar-refractivity contribution is 7.86. The summed E-state index contributed by atoms with van der Waals surface area (Å²) in [7, 11) is -4.11. The predicted octanol–water partition coefficient (Wildman–Crippen LogP) is 0.730. The van der Waals surface area contributed by atoms with Crippen molar-refractivity contribution in [3.63, 3.8) is 0 Å². The molecule has 4 atom stereocenters. The molecule has 0 spiro atoms. The summed E-state index contributed by atoms with van der Waals surface area (Å²) in [4.78, 5) is 12.3.